The number of ether oxygens (including phenoxy) is 1. The van der Waals surface area contributed by atoms with Gasteiger partial charge in [-0.15, -0.1) is 0 Å². The average Bonchev–Trinajstić information content (AvgIpc) is 2.74. The Balaban J connectivity index is 2.07. The Morgan fingerprint density at radius 2 is 1.91 bits per heavy atom. The Morgan fingerprint density at radius 3 is 2.53 bits per heavy atom. The van der Waals surface area contributed by atoms with Crippen LogP contribution in [0.25, 0.3) is 5.69 Å². The predicted octanol–water partition coefficient (Wildman–Crippen LogP) is 3.02. The molecule has 2 aromatic carbocycles. The molecule has 10 nitrogen and oxygen atoms in total. The summed E-state index contributed by atoms with van der Waals surface area (Å²) >= 11 is 0. The van der Waals surface area contributed by atoms with Gasteiger partial charge in [0.05, 0.1) is 22.9 Å². The first-order chi connectivity index (χ1) is 15.2. The van der Waals surface area contributed by atoms with Gasteiger partial charge in [0.2, 0.25) is 0 Å². The molecule has 3 aromatic rings. The maximum Gasteiger partial charge on any atom is 0.360 e. The van der Waals surface area contributed by atoms with Crippen molar-refractivity contribution < 1.29 is 23.6 Å². The summed E-state index contributed by atoms with van der Waals surface area (Å²) in [5.41, 5.74) is -1.29. The molecule has 0 saturated heterocycles. The third kappa shape index (κ3) is 4.51. The Bertz CT molecular complexity index is 1270. The lowest BCUT2D eigenvalue weighted by molar-refractivity contribution is -0.385. The molecule has 164 valence electrons. The number of hydrogen-bond donors (Lipinski definition) is 1. The molecule has 0 aliphatic carbocycles. The minimum atomic E-state index is -0.908. The van der Waals surface area contributed by atoms with E-state index < -0.39 is 28.2 Å². The molecule has 0 aliphatic rings. The first kappa shape index (κ1) is 22.3. The van der Waals surface area contributed by atoms with Gasteiger partial charge in [-0.05, 0) is 44.2 Å². The van der Waals surface area contributed by atoms with Gasteiger partial charge in [-0.3, -0.25) is 19.7 Å². The highest BCUT2D eigenvalue weighted by molar-refractivity contribution is 6.08. The first-order valence-corrected chi connectivity index (χ1v) is 9.35. The van der Waals surface area contributed by atoms with Gasteiger partial charge in [-0.2, -0.15) is 9.78 Å². The minimum Gasteiger partial charge on any atom is -0.461 e. The summed E-state index contributed by atoms with van der Waals surface area (Å²) in [7, 11) is 0. The molecule has 3 rings (SSSR count). The molecule has 1 N–H and O–H groups in total. The zero-order chi connectivity index (χ0) is 23.4. The third-order valence-electron chi connectivity index (χ3n) is 4.47. The van der Waals surface area contributed by atoms with Gasteiger partial charge < -0.3 is 10.1 Å². The van der Waals surface area contributed by atoms with Crippen LogP contribution < -0.4 is 10.9 Å². The number of rotatable bonds is 6. The number of nitrogens with one attached hydrogen (secondary N) is 1. The van der Waals surface area contributed by atoms with Crippen LogP contribution in [0.1, 0.15) is 33.3 Å². The number of amides is 1. The van der Waals surface area contributed by atoms with Gasteiger partial charge in [0.15, 0.2) is 5.69 Å². The van der Waals surface area contributed by atoms with Crippen molar-refractivity contribution in [2.24, 2.45) is 0 Å². The average molecular weight is 440 g/mol. The first-order valence-electron chi connectivity index (χ1n) is 9.35. The lowest BCUT2D eigenvalue weighted by atomic mass is 10.1. The number of anilines is 1. The summed E-state index contributed by atoms with van der Waals surface area (Å²) in [6.07, 6.45) is 0. The second-order valence-electron chi connectivity index (χ2n) is 6.51. The number of esters is 1. The van der Waals surface area contributed by atoms with Crippen LogP contribution in [0.4, 0.5) is 15.8 Å². The molecule has 1 amide bonds. The number of aromatic nitrogens is 2. The van der Waals surface area contributed by atoms with Gasteiger partial charge in [0.25, 0.3) is 17.2 Å². The standard InChI is InChI=1S/C21H17FN4O6/c1-3-32-21(29)19-16(11-18(27)25(24-19)14-9-7-13(22)8-10-14)23-20(28)15-5-4-6-17(12(15)2)26(30)31/h4-11H,3H2,1-2H3,(H,23,28). The molecular weight excluding hydrogens is 423 g/mol. The molecule has 0 unspecified atom stereocenters. The van der Waals surface area contributed by atoms with E-state index >= 15 is 0 Å². The maximum absolute atomic E-state index is 13.2. The highest BCUT2D eigenvalue weighted by atomic mass is 19.1. The van der Waals surface area contributed by atoms with Crippen molar-refractivity contribution in [1.82, 2.24) is 9.78 Å². The van der Waals surface area contributed by atoms with E-state index in [1.807, 2.05) is 0 Å². The smallest absolute Gasteiger partial charge is 0.360 e. The molecule has 0 saturated carbocycles. The fourth-order valence-corrected chi connectivity index (χ4v) is 2.93. The number of halogens is 1. The molecule has 1 aromatic heterocycles. The number of hydrogen-bond acceptors (Lipinski definition) is 7. The largest absolute Gasteiger partial charge is 0.461 e. The molecule has 0 spiro atoms. The van der Waals surface area contributed by atoms with Crippen LogP contribution in [0.3, 0.4) is 0 Å². The SMILES string of the molecule is CCOC(=O)c1nn(-c2ccc(F)cc2)c(=O)cc1NC(=O)c1cccc([N+](=O)[O-])c1C. The van der Waals surface area contributed by atoms with Crippen LogP contribution in [0.2, 0.25) is 0 Å². The lowest BCUT2D eigenvalue weighted by Gasteiger charge is -2.13. The molecule has 1 heterocycles. The minimum absolute atomic E-state index is 0.00750. The summed E-state index contributed by atoms with van der Waals surface area (Å²) in [6, 6.07) is 9.76. The van der Waals surface area contributed by atoms with Crippen LogP contribution in [0.5, 0.6) is 0 Å². The zero-order valence-corrected chi connectivity index (χ0v) is 17.0. The van der Waals surface area contributed by atoms with Crippen LogP contribution >= 0.6 is 0 Å². The van der Waals surface area contributed by atoms with Crippen molar-refractivity contribution in [2.75, 3.05) is 11.9 Å². The number of nitro benzene ring substituents is 1. The number of nitro groups is 1. The van der Waals surface area contributed by atoms with E-state index in [2.05, 4.69) is 10.4 Å². The molecule has 0 aliphatic heterocycles. The van der Waals surface area contributed by atoms with E-state index in [1.54, 1.807) is 6.92 Å². The van der Waals surface area contributed by atoms with E-state index in [4.69, 9.17) is 4.74 Å². The molecule has 11 heteroatoms. The zero-order valence-electron chi connectivity index (χ0n) is 17.0. The topological polar surface area (TPSA) is 133 Å². The normalized spacial score (nSPS) is 10.5. The van der Waals surface area contributed by atoms with Gasteiger partial charge in [-0.25, -0.2) is 9.18 Å². The number of carbonyl (C=O) groups excluding carboxylic acids is 2. The summed E-state index contributed by atoms with van der Waals surface area (Å²) in [5.74, 6) is -2.21. The molecular formula is C21H17FN4O6. The van der Waals surface area contributed by atoms with Crippen molar-refractivity contribution in [3.8, 4) is 5.69 Å². The van der Waals surface area contributed by atoms with Crippen LogP contribution in [-0.2, 0) is 4.74 Å². The number of carbonyl (C=O) groups is 2. The fourth-order valence-electron chi connectivity index (χ4n) is 2.93. The summed E-state index contributed by atoms with van der Waals surface area (Å²) in [5, 5.41) is 17.5. The van der Waals surface area contributed by atoms with Crippen molar-refractivity contribution in [3.05, 3.63) is 91.6 Å². The van der Waals surface area contributed by atoms with Crippen LogP contribution in [0.15, 0.2) is 53.3 Å². The van der Waals surface area contributed by atoms with E-state index in [0.717, 1.165) is 22.9 Å². The van der Waals surface area contributed by atoms with Crippen LogP contribution in [-0.4, -0.2) is 33.2 Å². The Hall–Kier alpha value is -4.41. The van der Waals surface area contributed by atoms with Crippen molar-refractivity contribution in [2.45, 2.75) is 13.8 Å². The third-order valence-corrected chi connectivity index (χ3v) is 4.47. The van der Waals surface area contributed by atoms with Gasteiger partial charge in [0, 0.05) is 23.3 Å². The Labute approximate surface area is 180 Å². The summed E-state index contributed by atoms with van der Waals surface area (Å²) < 4.78 is 19.0. The van der Waals surface area contributed by atoms with E-state index in [1.165, 1.54) is 37.3 Å². The fraction of sp³-hybridized carbons (Fsp3) is 0.143. The molecule has 32 heavy (non-hydrogen) atoms. The predicted molar refractivity (Wildman–Crippen MR) is 112 cm³/mol. The monoisotopic (exact) mass is 440 g/mol. The van der Waals surface area contributed by atoms with E-state index in [0.29, 0.717) is 0 Å². The number of benzene rings is 2. The molecule has 0 fully saturated rings. The van der Waals surface area contributed by atoms with Gasteiger partial charge >= 0.3 is 5.97 Å². The quantitative estimate of drug-likeness (QED) is 0.354. The van der Waals surface area contributed by atoms with Crippen molar-refractivity contribution in [3.63, 3.8) is 0 Å². The van der Waals surface area contributed by atoms with Gasteiger partial charge in [-0.1, -0.05) is 6.07 Å². The molecule has 0 atom stereocenters. The highest BCUT2D eigenvalue weighted by Crippen LogP contribution is 2.23. The second-order valence-corrected chi connectivity index (χ2v) is 6.51. The summed E-state index contributed by atoms with van der Waals surface area (Å²) in [6.45, 7) is 2.98. The van der Waals surface area contributed by atoms with E-state index in [-0.39, 0.29) is 40.5 Å². The molecule has 0 radical (unpaired) electrons. The van der Waals surface area contributed by atoms with Crippen LogP contribution in [0, 0.1) is 22.9 Å². The Kier molecular flexibility index (Phi) is 6.38. The van der Waals surface area contributed by atoms with E-state index in [9.17, 15) is 28.9 Å². The van der Waals surface area contributed by atoms with Crippen molar-refractivity contribution in [1.29, 1.82) is 0 Å². The molecule has 0 bridgehead atoms. The maximum atomic E-state index is 13.2. The van der Waals surface area contributed by atoms with Gasteiger partial charge in [0.1, 0.15) is 5.82 Å². The van der Waals surface area contributed by atoms with Crippen molar-refractivity contribution >= 4 is 23.3 Å². The summed E-state index contributed by atoms with van der Waals surface area (Å²) in [4.78, 5) is 48.3. The lowest BCUT2D eigenvalue weighted by Crippen LogP contribution is -2.27. The highest BCUT2D eigenvalue weighted by Gasteiger charge is 2.23. The second kappa shape index (κ2) is 9.16. The Morgan fingerprint density at radius 1 is 1.22 bits per heavy atom. The number of nitrogens with zero attached hydrogens (tertiary/aromatic N) is 3.